The molecule has 0 spiro atoms. The van der Waals surface area contributed by atoms with Gasteiger partial charge in [-0.3, -0.25) is 5.41 Å². The summed E-state index contributed by atoms with van der Waals surface area (Å²) < 4.78 is 0.568. The molecule has 1 heterocycles. The van der Waals surface area contributed by atoms with E-state index in [-0.39, 0.29) is 5.56 Å². The fourth-order valence-electron chi connectivity index (χ4n) is 1.42. The van der Waals surface area contributed by atoms with Gasteiger partial charge in [-0.2, -0.15) is 4.73 Å². The third-order valence-corrected chi connectivity index (χ3v) is 2.16. The summed E-state index contributed by atoms with van der Waals surface area (Å²) in [5, 5.41) is 26.4. The van der Waals surface area contributed by atoms with Gasteiger partial charge in [0.2, 0.25) is 0 Å². The van der Waals surface area contributed by atoms with E-state index in [0.717, 1.165) is 0 Å². The van der Waals surface area contributed by atoms with Crippen LogP contribution < -0.4 is 5.49 Å². The molecule has 5 nitrogen and oxygen atoms in total. The van der Waals surface area contributed by atoms with Gasteiger partial charge in [0.25, 0.3) is 0 Å². The lowest BCUT2D eigenvalue weighted by molar-refractivity contribution is 0.0688. The maximum atomic E-state index is 10.8. The van der Waals surface area contributed by atoms with Gasteiger partial charge < -0.3 is 10.3 Å². The van der Waals surface area contributed by atoms with E-state index in [2.05, 4.69) is 0 Å². The molecule has 76 valence electrons. The highest BCUT2D eigenvalue weighted by Crippen LogP contribution is 2.11. The number of carbonyl (C=O) groups is 1. The average molecular weight is 204 g/mol. The highest BCUT2D eigenvalue weighted by Gasteiger charge is 2.10. The number of fused-ring (bicyclic) bond motifs is 1. The SMILES string of the molecule is N=c1c(C(=O)O)cc2ccccc2n1O. The molecule has 2 aromatic rings. The zero-order chi connectivity index (χ0) is 11.0. The maximum Gasteiger partial charge on any atom is 0.339 e. The van der Waals surface area contributed by atoms with Crippen molar-refractivity contribution >= 4 is 16.9 Å². The van der Waals surface area contributed by atoms with Crippen molar-refractivity contribution in [1.29, 1.82) is 5.41 Å². The van der Waals surface area contributed by atoms with Crippen molar-refractivity contribution < 1.29 is 15.1 Å². The number of hydrogen-bond acceptors (Lipinski definition) is 3. The molecule has 0 radical (unpaired) electrons. The summed E-state index contributed by atoms with van der Waals surface area (Å²) in [5.74, 6) is -1.23. The summed E-state index contributed by atoms with van der Waals surface area (Å²) in [6.45, 7) is 0. The van der Waals surface area contributed by atoms with Gasteiger partial charge >= 0.3 is 5.97 Å². The molecule has 0 fully saturated rings. The van der Waals surface area contributed by atoms with E-state index in [9.17, 15) is 10.0 Å². The lowest BCUT2D eigenvalue weighted by atomic mass is 10.1. The van der Waals surface area contributed by atoms with Crippen LogP contribution in [0.5, 0.6) is 0 Å². The Morgan fingerprint density at radius 2 is 2.00 bits per heavy atom. The van der Waals surface area contributed by atoms with E-state index in [1.807, 2.05) is 0 Å². The first-order chi connectivity index (χ1) is 7.11. The second-order valence-electron chi connectivity index (χ2n) is 3.08. The Balaban J connectivity index is 2.95. The van der Waals surface area contributed by atoms with E-state index < -0.39 is 11.5 Å². The molecule has 0 saturated heterocycles. The molecule has 0 aliphatic rings. The highest BCUT2D eigenvalue weighted by atomic mass is 16.5. The van der Waals surface area contributed by atoms with Crippen LogP contribution in [0.3, 0.4) is 0 Å². The van der Waals surface area contributed by atoms with Crippen LogP contribution in [-0.2, 0) is 0 Å². The number of rotatable bonds is 1. The van der Waals surface area contributed by atoms with Crippen LogP contribution in [0.15, 0.2) is 30.3 Å². The Labute approximate surface area is 84.3 Å². The largest absolute Gasteiger partial charge is 0.478 e. The van der Waals surface area contributed by atoms with Crippen LogP contribution in [0.4, 0.5) is 0 Å². The molecular formula is C10H8N2O3. The summed E-state index contributed by atoms with van der Waals surface area (Å²) >= 11 is 0. The molecular weight excluding hydrogens is 196 g/mol. The first kappa shape index (κ1) is 9.26. The van der Waals surface area contributed by atoms with Crippen LogP contribution in [0.2, 0.25) is 0 Å². The number of carboxylic acid groups (broad SMARTS) is 1. The predicted octanol–water partition coefficient (Wildman–Crippen LogP) is 1.06. The quantitative estimate of drug-likeness (QED) is 0.607. The van der Waals surface area contributed by atoms with E-state index in [1.54, 1.807) is 24.3 Å². The van der Waals surface area contributed by atoms with Crippen molar-refractivity contribution in [3.05, 3.63) is 41.4 Å². The van der Waals surface area contributed by atoms with Crippen LogP contribution in [0, 0.1) is 5.41 Å². The number of carboxylic acids is 1. The Kier molecular flexibility index (Phi) is 1.93. The lowest BCUT2D eigenvalue weighted by Gasteiger charge is -2.05. The average Bonchev–Trinajstić information content (AvgIpc) is 2.23. The third kappa shape index (κ3) is 1.34. The van der Waals surface area contributed by atoms with Crippen LogP contribution in [-0.4, -0.2) is 21.0 Å². The number of aromatic nitrogens is 1. The molecule has 0 bridgehead atoms. The van der Waals surface area contributed by atoms with Crippen molar-refractivity contribution in [2.75, 3.05) is 0 Å². The summed E-state index contributed by atoms with van der Waals surface area (Å²) in [6, 6.07) is 8.09. The molecule has 3 N–H and O–H groups in total. The minimum atomic E-state index is -1.23. The lowest BCUT2D eigenvalue weighted by Crippen LogP contribution is -2.25. The number of hydrogen-bond donors (Lipinski definition) is 3. The molecule has 0 amide bonds. The van der Waals surface area contributed by atoms with Crippen LogP contribution in [0.25, 0.3) is 10.9 Å². The minimum Gasteiger partial charge on any atom is -0.478 e. The van der Waals surface area contributed by atoms with Crippen molar-refractivity contribution in [3.8, 4) is 0 Å². The summed E-state index contributed by atoms with van der Waals surface area (Å²) in [5.41, 5.74) is -0.245. The molecule has 2 rings (SSSR count). The number of pyridine rings is 1. The van der Waals surface area contributed by atoms with E-state index >= 15 is 0 Å². The van der Waals surface area contributed by atoms with Crippen molar-refractivity contribution in [1.82, 2.24) is 4.73 Å². The second-order valence-corrected chi connectivity index (χ2v) is 3.08. The fourth-order valence-corrected chi connectivity index (χ4v) is 1.42. The van der Waals surface area contributed by atoms with E-state index in [0.29, 0.717) is 15.6 Å². The summed E-state index contributed by atoms with van der Waals surface area (Å²) in [6.07, 6.45) is 0. The zero-order valence-electron chi connectivity index (χ0n) is 7.64. The van der Waals surface area contributed by atoms with E-state index in [4.69, 9.17) is 10.5 Å². The van der Waals surface area contributed by atoms with Gasteiger partial charge in [0.05, 0.1) is 5.52 Å². The van der Waals surface area contributed by atoms with Gasteiger partial charge in [-0.05, 0) is 12.1 Å². The molecule has 0 unspecified atom stereocenters. The normalized spacial score (nSPS) is 10.4. The fraction of sp³-hybridized carbons (Fsp3) is 0. The van der Waals surface area contributed by atoms with Crippen LogP contribution in [0.1, 0.15) is 10.4 Å². The van der Waals surface area contributed by atoms with Crippen molar-refractivity contribution in [2.45, 2.75) is 0 Å². The topological polar surface area (TPSA) is 86.3 Å². The minimum absolute atomic E-state index is 0.226. The molecule has 1 aromatic heterocycles. The Morgan fingerprint density at radius 1 is 1.33 bits per heavy atom. The standard InChI is InChI=1S/C10H8N2O3/c11-9-7(10(13)14)5-6-3-1-2-4-8(6)12(9)15/h1-5,11,15H,(H,13,14). The summed E-state index contributed by atoms with van der Waals surface area (Å²) in [4.78, 5) is 10.8. The Bertz CT molecular complexity index is 601. The molecule has 1 aromatic carbocycles. The molecule has 0 aliphatic carbocycles. The van der Waals surface area contributed by atoms with Gasteiger partial charge in [0.1, 0.15) is 5.56 Å². The molecule has 15 heavy (non-hydrogen) atoms. The van der Waals surface area contributed by atoms with Crippen molar-refractivity contribution in [2.24, 2.45) is 0 Å². The summed E-state index contributed by atoms with van der Waals surface area (Å²) in [7, 11) is 0. The Hall–Kier alpha value is -2.30. The second kappa shape index (κ2) is 3.13. The molecule has 0 saturated carbocycles. The molecule has 0 aliphatic heterocycles. The van der Waals surface area contributed by atoms with E-state index in [1.165, 1.54) is 6.07 Å². The zero-order valence-corrected chi connectivity index (χ0v) is 7.64. The number of nitrogens with zero attached hydrogens (tertiary/aromatic N) is 1. The van der Waals surface area contributed by atoms with Gasteiger partial charge in [-0.1, -0.05) is 18.2 Å². The number of para-hydroxylation sites is 1. The van der Waals surface area contributed by atoms with Gasteiger partial charge in [0.15, 0.2) is 5.49 Å². The third-order valence-electron chi connectivity index (χ3n) is 2.16. The number of nitrogens with one attached hydrogen (secondary N) is 1. The van der Waals surface area contributed by atoms with Crippen molar-refractivity contribution in [3.63, 3.8) is 0 Å². The molecule has 0 atom stereocenters. The van der Waals surface area contributed by atoms with Gasteiger partial charge in [0, 0.05) is 5.39 Å². The monoisotopic (exact) mass is 204 g/mol. The predicted molar refractivity (Wildman–Crippen MR) is 51.9 cm³/mol. The Morgan fingerprint density at radius 3 is 2.67 bits per heavy atom. The van der Waals surface area contributed by atoms with Gasteiger partial charge in [-0.15, -0.1) is 0 Å². The smallest absolute Gasteiger partial charge is 0.339 e. The van der Waals surface area contributed by atoms with Gasteiger partial charge in [-0.25, -0.2) is 4.79 Å². The molecule has 5 heteroatoms. The number of aromatic carboxylic acids is 1. The first-order valence-electron chi connectivity index (χ1n) is 4.23. The first-order valence-corrected chi connectivity index (χ1v) is 4.23. The number of benzene rings is 1. The van der Waals surface area contributed by atoms with Crippen LogP contribution >= 0.6 is 0 Å². The highest BCUT2D eigenvalue weighted by molar-refractivity contribution is 5.92. The maximum absolute atomic E-state index is 10.8.